The molecule has 0 spiro atoms. The smallest absolute Gasteiger partial charge is 0.414 e. The van der Waals surface area contributed by atoms with Crippen molar-refractivity contribution < 1.29 is 18.7 Å². The summed E-state index contributed by atoms with van der Waals surface area (Å²) in [5.74, 6) is -0.165. The van der Waals surface area contributed by atoms with Crippen LogP contribution in [0.2, 0.25) is 0 Å². The van der Waals surface area contributed by atoms with Gasteiger partial charge in [0.25, 0.3) is 5.68 Å². The zero-order valence-electron chi connectivity index (χ0n) is 12.3. The number of amides is 2. The first-order valence-corrected chi connectivity index (χ1v) is 6.82. The maximum Gasteiger partial charge on any atom is 0.414 e. The van der Waals surface area contributed by atoms with Gasteiger partial charge in [0, 0.05) is 20.0 Å². The van der Waals surface area contributed by atoms with Crippen molar-refractivity contribution in [3.63, 3.8) is 0 Å². The quantitative estimate of drug-likeness (QED) is 0.872. The molecule has 0 unspecified atom stereocenters. The van der Waals surface area contributed by atoms with Crippen molar-refractivity contribution in [1.29, 1.82) is 5.41 Å². The Morgan fingerprint density at radius 1 is 1.50 bits per heavy atom. The summed E-state index contributed by atoms with van der Waals surface area (Å²) >= 11 is 0. The number of cyclic esters (lactones) is 1. The minimum atomic E-state index is -0.461. The number of benzene rings is 1. The van der Waals surface area contributed by atoms with Crippen LogP contribution >= 0.6 is 0 Å². The average molecular weight is 304 g/mol. The number of anilines is 1. The molecule has 1 atom stereocenters. The molecule has 2 heterocycles. The molecule has 8 heteroatoms. The Labute approximate surface area is 125 Å². The van der Waals surface area contributed by atoms with Crippen LogP contribution in [0.1, 0.15) is 6.92 Å². The lowest BCUT2D eigenvalue weighted by atomic mass is 10.2. The molecule has 2 aromatic rings. The lowest BCUT2D eigenvalue weighted by Gasteiger charge is -2.12. The van der Waals surface area contributed by atoms with Crippen molar-refractivity contribution in [2.24, 2.45) is 7.05 Å². The molecular formula is C14H16N4O4. The number of nitrogens with zero attached hydrogens (tertiary/aromatic N) is 2. The van der Waals surface area contributed by atoms with Crippen LogP contribution in [0.4, 0.5) is 10.5 Å². The molecular weight excluding hydrogens is 288 g/mol. The van der Waals surface area contributed by atoms with E-state index in [9.17, 15) is 9.59 Å². The Morgan fingerprint density at radius 2 is 2.27 bits per heavy atom. The highest BCUT2D eigenvalue weighted by Crippen LogP contribution is 2.25. The Morgan fingerprint density at radius 3 is 3.00 bits per heavy atom. The van der Waals surface area contributed by atoms with Crippen LogP contribution in [0, 0.1) is 5.41 Å². The number of hydrogen-bond acceptors (Lipinski definition) is 5. The molecule has 8 nitrogen and oxygen atoms in total. The fourth-order valence-corrected chi connectivity index (χ4v) is 2.41. The Bertz CT molecular complexity index is 807. The molecule has 1 saturated heterocycles. The lowest BCUT2D eigenvalue weighted by molar-refractivity contribution is -0.119. The van der Waals surface area contributed by atoms with E-state index in [1.54, 1.807) is 29.8 Å². The van der Waals surface area contributed by atoms with Crippen molar-refractivity contribution in [2.75, 3.05) is 18.0 Å². The van der Waals surface area contributed by atoms with E-state index in [1.165, 1.54) is 11.8 Å². The van der Waals surface area contributed by atoms with Gasteiger partial charge >= 0.3 is 6.09 Å². The molecule has 2 amide bonds. The number of carbonyl (C=O) groups is 2. The van der Waals surface area contributed by atoms with E-state index in [-0.39, 0.29) is 24.2 Å². The van der Waals surface area contributed by atoms with E-state index in [4.69, 9.17) is 14.6 Å². The van der Waals surface area contributed by atoms with E-state index in [2.05, 4.69) is 5.32 Å². The normalized spacial score (nSPS) is 17.8. The van der Waals surface area contributed by atoms with E-state index in [1.807, 2.05) is 0 Å². The van der Waals surface area contributed by atoms with Gasteiger partial charge in [0.15, 0.2) is 5.58 Å². The molecule has 1 fully saturated rings. The summed E-state index contributed by atoms with van der Waals surface area (Å²) in [6, 6.07) is 5.27. The number of carbonyl (C=O) groups excluding carboxylic acids is 2. The second-order valence-corrected chi connectivity index (χ2v) is 5.17. The van der Waals surface area contributed by atoms with Gasteiger partial charge in [-0.2, -0.15) is 0 Å². The van der Waals surface area contributed by atoms with Gasteiger partial charge in [0.1, 0.15) is 6.10 Å². The number of fused-ring (bicyclic) bond motifs is 1. The van der Waals surface area contributed by atoms with Gasteiger partial charge in [0.05, 0.1) is 24.3 Å². The summed E-state index contributed by atoms with van der Waals surface area (Å²) in [6.07, 6.45) is -0.844. The van der Waals surface area contributed by atoms with Crippen molar-refractivity contribution >= 4 is 28.8 Å². The molecule has 1 aliphatic heterocycles. The molecule has 3 rings (SSSR count). The number of hydrogen-bond donors (Lipinski definition) is 2. The summed E-state index contributed by atoms with van der Waals surface area (Å²) in [7, 11) is 1.74. The van der Waals surface area contributed by atoms with Crippen LogP contribution in [0.15, 0.2) is 22.6 Å². The summed E-state index contributed by atoms with van der Waals surface area (Å²) in [6.45, 7) is 2.05. The van der Waals surface area contributed by atoms with E-state index in [0.717, 1.165) is 5.52 Å². The van der Waals surface area contributed by atoms with Crippen LogP contribution in [0.5, 0.6) is 0 Å². The van der Waals surface area contributed by atoms with Gasteiger partial charge in [-0.15, -0.1) is 0 Å². The fourth-order valence-electron chi connectivity index (χ4n) is 2.41. The zero-order chi connectivity index (χ0) is 15.9. The standard InChI is InChI=1S/C14H16N4O4/c1-8(19)16-6-10-7-18(14(20)21-10)9-3-4-11-12(5-9)22-13(15)17(11)2/h3-5,10,15H,6-7H2,1-2H3,(H,16,19)/t10-/m0/s1. The van der Waals surface area contributed by atoms with Crippen molar-refractivity contribution in [3.05, 3.63) is 23.9 Å². The Kier molecular flexibility index (Phi) is 3.36. The van der Waals surface area contributed by atoms with Gasteiger partial charge in [-0.3, -0.25) is 19.7 Å². The molecule has 0 bridgehead atoms. The van der Waals surface area contributed by atoms with E-state index >= 15 is 0 Å². The summed E-state index contributed by atoms with van der Waals surface area (Å²) in [5, 5.41) is 10.3. The second-order valence-electron chi connectivity index (χ2n) is 5.17. The van der Waals surface area contributed by atoms with Crippen LogP contribution < -0.4 is 15.9 Å². The van der Waals surface area contributed by atoms with Crippen molar-refractivity contribution in [2.45, 2.75) is 13.0 Å². The zero-order valence-corrected chi connectivity index (χ0v) is 12.3. The third kappa shape index (κ3) is 2.43. The molecule has 0 saturated carbocycles. The first kappa shape index (κ1) is 14.2. The molecule has 2 N–H and O–H groups in total. The van der Waals surface area contributed by atoms with Gasteiger partial charge in [0.2, 0.25) is 5.91 Å². The third-order valence-electron chi connectivity index (χ3n) is 3.58. The van der Waals surface area contributed by atoms with Gasteiger partial charge in [-0.05, 0) is 12.1 Å². The summed E-state index contributed by atoms with van der Waals surface area (Å²) < 4.78 is 12.2. The van der Waals surface area contributed by atoms with Crippen LogP contribution in [0.3, 0.4) is 0 Å². The monoisotopic (exact) mass is 304 g/mol. The number of nitrogens with one attached hydrogen (secondary N) is 2. The van der Waals surface area contributed by atoms with Gasteiger partial charge in [-0.1, -0.05) is 0 Å². The SMILES string of the molecule is CC(=O)NC[C@H]1CN(c2ccc3c(c2)oc(=N)n3C)C(=O)O1. The second kappa shape index (κ2) is 5.21. The number of aromatic nitrogens is 1. The van der Waals surface area contributed by atoms with Crippen LogP contribution in [-0.4, -0.2) is 35.8 Å². The highest BCUT2D eigenvalue weighted by Gasteiger charge is 2.32. The van der Waals surface area contributed by atoms with E-state index in [0.29, 0.717) is 17.8 Å². The summed E-state index contributed by atoms with van der Waals surface area (Å²) in [4.78, 5) is 24.4. The largest absolute Gasteiger partial charge is 0.442 e. The average Bonchev–Trinajstić information content (AvgIpc) is 2.97. The minimum Gasteiger partial charge on any atom is -0.442 e. The molecule has 116 valence electrons. The van der Waals surface area contributed by atoms with Crippen molar-refractivity contribution in [3.8, 4) is 0 Å². The van der Waals surface area contributed by atoms with E-state index < -0.39 is 6.09 Å². The Balaban J connectivity index is 1.83. The number of ether oxygens (including phenoxy) is 1. The molecule has 0 radical (unpaired) electrons. The van der Waals surface area contributed by atoms with Gasteiger partial charge in [-0.25, -0.2) is 4.79 Å². The number of oxazole rings is 1. The van der Waals surface area contributed by atoms with Crippen LogP contribution in [-0.2, 0) is 16.6 Å². The highest BCUT2D eigenvalue weighted by molar-refractivity contribution is 5.92. The molecule has 1 aliphatic rings. The third-order valence-corrected chi connectivity index (χ3v) is 3.58. The number of rotatable bonds is 3. The molecule has 22 heavy (non-hydrogen) atoms. The molecule has 0 aliphatic carbocycles. The molecule has 1 aromatic heterocycles. The molecule has 1 aromatic carbocycles. The number of aryl methyl sites for hydroxylation is 1. The lowest BCUT2D eigenvalue weighted by Crippen LogP contribution is -2.33. The maximum absolute atomic E-state index is 12.0. The first-order chi connectivity index (χ1) is 10.5. The minimum absolute atomic E-state index is 0.0414. The topological polar surface area (TPSA) is 101 Å². The van der Waals surface area contributed by atoms with Crippen LogP contribution in [0.25, 0.3) is 11.1 Å². The maximum atomic E-state index is 12.0. The fraction of sp³-hybridized carbons (Fsp3) is 0.357. The predicted octanol–water partition coefficient (Wildman–Crippen LogP) is 0.712. The predicted molar refractivity (Wildman–Crippen MR) is 77.3 cm³/mol. The van der Waals surface area contributed by atoms with Gasteiger partial charge < -0.3 is 14.5 Å². The highest BCUT2D eigenvalue weighted by atomic mass is 16.6. The summed E-state index contributed by atoms with van der Waals surface area (Å²) in [5.41, 5.74) is 1.98. The Hall–Kier alpha value is -2.77. The van der Waals surface area contributed by atoms with Crippen molar-refractivity contribution in [1.82, 2.24) is 9.88 Å². The first-order valence-electron chi connectivity index (χ1n) is 6.82.